The Bertz CT molecular complexity index is 554. The van der Waals surface area contributed by atoms with E-state index in [9.17, 15) is 9.18 Å². The van der Waals surface area contributed by atoms with Crippen molar-refractivity contribution in [3.8, 4) is 0 Å². The number of halogens is 2. The maximum absolute atomic E-state index is 14.1. The minimum absolute atomic E-state index is 0.0455. The van der Waals surface area contributed by atoms with Crippen molar-refractivity contribution in [1.82, 2.24) is 10.6 Å². The molecule has 4 atom stereocenters. The highest BCUT2D eigenvalue weighted by Gasteiger charge is 2.51. The van der Waals surface area contributed by atoms with E-state index in [1.54, 1.807) is 12.1 Å². The van der Waals surface area contributed by atoms with Crippen molar-refractivity contribution in [3.05, 3.63) is 34.6 Å². The number of ether oxygens (including phenoxy) is 1. The zero-order valence-corrected chi connectivity index (χ0v) is 12.5. The number of rotatable bonds is 5. The van der Waals surface area contributed by atoms with E-state index < -0.39 is 11.9 Å². The molecule has 1 heterocycles. The highest BCUT2D eigenvalue weighted by molar-refractivity contribution is 6.30. The number of carbonyl (C=O) groups is 1. The van der Waals surface area contributed by atoms with Crippen molar-refractivity contribution in [2.24, 2.45) is 11.8 Å². The molecule has 0 radical (unpaired) electrons. The third-order valence-electron chi connectivity index (χ3n) is 4.29. The van der Waals surface area contributed by atoms with E-state index in [1.807, 2.05) is 0 Å². The first kappa shape index (κ1) is 14.8. The maximum Gasteiger partial charge on any atom is 0.237 e. The van der Waals surface area contributed by atoms with E-state index in [0.717, 1.165) is 13.0 Å². The van der Waals surface area contributed by atoms with Crippen LogP contribution in [0.15, 0.2) is 18.2 Å². The second-order valence-corrected chi connectivity index (χ2v) is 6.11. The van der Waals surface area contributed by atoms with Gasteiger partial charge < -0.3 is 15.4 Å². The second-order valence-electron chi connectivity index (χ2n) is 5.71. The predicted octanol–water partition coefficient (Wildman–Crippen LogP) is 1.89. The first-order valence-electron chi connectivity index (χ1n) is 7.08. The van der Waals surface area contributed by atoms with Crippen LogP contribution in [-0.4, -0.2) is 32.2 Å². The van der Waals surface area contributed by atoms with Gasteiger partial charge in [0, 0.05) is 12.7 Å². The standard InChI is InChI=1S/C15H18ClFN2O2/c1-21-7-12(9-3-2-4-11(16)13(9)17)19-15(20)14-10-5-8(10)6-18-14/h2-4,8,10,12,14,18H,5-7H2,1H3,(H,19,20)/t8-,10-,12-,14+/m1/s1. The van der Waals surface area contributed by atoms with Crippen LogP contribution in [0.3, 0.4) is 0 Å². The van der Waals surface area contributed by atoms with E-state index in [4.69, 9.17) is 16.3 Å². The average Bonchev–Trinajstić information content (AvgIpc) is 3.12. The Morgan fingerprint density at radius 3 is 3.05 bits per heavy atom. The lowest BCUT2D eigenvalue weighted by atomic mass is 10.1. The summed E-state index contributed by atoms with van der Waals surface area (Å²) in [5.41, 5.74) is 0.350. The molecule has 1 aliphatic heterocycles. The van der Waals surface area contributed by atoms with Crippen LogP contribution in [0.1, 0.15) is 18.0 Å². The molecule has 2 fully saturated rings. The van der Waals surface area contributed by atoms with Gasteiger partial charge in [0.05, 0.1) is 23.7 Å². The molecule has 2 N–H and O–H groups in total. The molecule has 2 aliphatic rings. The number of hydrogen-bond acceptors (Lipinski definition) is 3. The number of nitrogens with one attached hydrogen (secondary N) is 2. The SMILES string of the molecule is COC[C@@H](NC(=O)[C@H]1NC[C@H]2C[C@H]21)c1cccc(Cl)c1F. The van der Waals surface area contributed by atoms with Crippen LogP contribution in [0.25, 0.3) is 0 Å². The molecular weight excluding hydrogens is 295 g/mol. The molecule has 114 valence electrons. The van der Waals surface area contributed by atoms with E-state index >= 15 is 0 Å². The molecule has 4 nitrogen and oxygen atoms in total. The summed E-state index contributed by atoms with van der Waals surface area (Å²) in [5.74, 6) is 0.452. The smallest absolute Gasteiger partial charge is 0.237 e. The predicted molar refractivity (Wildman–Crippen MR) is 77.6 cm³/mol. The molecule has 3 rings (SSSR count). The monoisotopic (exact) mass is 312 g/mol. The number of piperidine rings is 1. The third-order valence-corrected chi connectivity index (χ3v) is 4.59. The van der Waals surface area contributed by atoms with Gasteiger partial charge >= 0.3 is 0 Å². The zero-order valence-electron chi connectivity index (χ0n) is 11.7. The van der Waals surface area contributed by atoms with Gasteiger partial charge in [-0.2, -0.15) is 0 Å². The fraction of sp³-hybridized carbons (Fsp3) is 0.533. The number of hydrogen-bond donors (Lipinski definition) is 2. The molecule has 0 unspecified atom stereocenters. The van der Waals surface area contributed by atoms with E-state index in [0.29, 0.717) is 17.4 Å². The van der Waals surface area contributed by atoms with Gasteiger partial charge in [-0.1, -0.05) is 23.7 Å². The average molecular weight is 313 g/mol. The van der Waals surface area contributed by atoms with Crippen molar-refractivity contribution in [1.29, 1.82) is 0 Å². The fourth-order valence-electron chi connectivity index (χ4n) is 3.06. The molecule has 1 aromatic carbocycles. The van der Waals surface area contributed by atoms with Crippen LogP contribution in [0.4, 0.5) is 4.39 Å². The van der Waals surface area contributed by atoms with Crippen LogP contribution < -0.4 is 10.6 Å². The first-order valence-corrected chi connectivity index (χ1v) is 7.46. The summed E-state index contributed by atoms with van der Waals surface area (Å²) in [7, 11) is 1.52. The van der Waals surface area contributed by atoms with Gasteiger partial charge in [0.2, 0.25) is 5.91 Å². The lowest BCUT2D eigenvalue weighted by Crippen LogP contribution is -2.45. The summed E-state index contributed by atoms with van der Waals surface area (Å²) in [6, 6.07) is 4.06. The number of amides is 1. The Morgan fingerprint density at radius 1 is 1.62 bits per heavy atom. The molecule has 1 saturated carbocycles. The molecule has 1 amide bonds. The van der Waals surface area contributed by atoms with Crippen LogP contribution >= 0.6 is 11.6 Å². The number of fused-ring (bicyclic) bond motifs is 1. The fourth-order valence-corrected chi connectivity index (χ4v) is 3.24. The molecule has 1 aliphatic carbocycles. The van der Waals surface area contributed by atoms with Gasteiger partial charge in [-0.15, -0.1) is 0 Å². The van der Waals surface area contributed by atoms with Gasteiger partial charge in [-0.25, -0.2) is 4.39 Å². The lowest BCUT2D eigenvalue weighted by Gasteiger charge is -2.22. The molecule has 0 spiro atoms. The number of benzene rings is 1. The van der Waals surface area contributed by atoms with Crippen molar-refractivity contribution >= 4 is 17.5 Å². The summed E-state index contributed by atoms with van der Waals surface area (Å²) >= 11 is 5.81. The van der Waals surface area contributed by atoms with E-state index in [2.05, 4.69) is 10.6 Å². The molecule has 6 heteroatoms. The van der Waals surface area contributed by atoms with Gasteiger partial charge in [0.15, 0.2) is 0 Å². The lowest BCUT2D eigenvalue weighted by molar-refractivity contribution is -0.124. The minimum Gasteiger partial charge on any atom is -0.382 e. The Hall–Kier alpha value is -1.17. The Labute approximate surface area is 128 Å². The van der Waals surface area contributed by atoms with Gasteiger partial charge in [-0.3, -0.25) is 4.79 Å². The van der Waals surface area contributed by atoms with Gasteiger partial charge in [0.25, 0.3) is 0 Å². The van der Waals surface area contributed by atoms with Gasteiger partial charge in [-0.05, 0) is 30.9 Å². The molecule has 21 heavy (non-hydrogen) atoms. The van der Waals surface area contributed by atoms with Crippen LogP contribution in [-0.2, 0) is 9.53 Å². The number of methoxy groups -OCH3 is 1. The highest BCUT2D eigenvalue weighted by atomic mass is 35.5. The van der Waals surface area contributed by atoms with E-state index in [1.165, 1.54) is 13.2 Å². The summed E-state index contributed by atoms with van der Waals surface area (Å²) in [6.07, 6.45) is 1.10. The minimum atomic E-state index is -0.541. The van der Waals surface area contributed by atoms with Crippen LogP contribution in [0, 0.1) is 17.7 Å². The van der Waals surface area contributed by atoms with Crippen molar-refractivity contribution in [2.45, 2.75) is 18.5 Å². The zero-order chi connectivity index (χ0) is 15.0. The Balaban J connectivity index is 1.74. The molecule has 1 aromatic rings. The van der Waals surface area contributed by atoms with Crippen LogP contribution in [0.5, 0.6) is 0 Å². The molecule has 1 saturated heterocycles. The summed E-state index contributed by atoms with van der Waals surface area (Å²) in [4.78, 5) is 12.4. The summed E-state index contributed by atoms with van der Waals surface area (Å²) in [6.45, 7) is 1.09. The first-order chi connectivity index (χ1) is 10.1. The van der Waals surface area contributed by atoms with E-state index in [-0.39, 0.29) is 23.6 Å². The number of carbonyl (C=O) groups excluding carboxylic acids is 1. The van der Waals surface area contributed by atoms with Crippen molar-refractivity contribution < 1.29 is 13.9 Å². The second kappa shape index (κ2) is 5.91. The normalized spacial score (nSPS) is 28.0. The summed E-state index contributed by atoms with van der Waals surface area (Å²) < 4.78 is 19.2. The summed E-state index contributed by atoms with van der Waals surface area (Å²) in [5, 5.41) is 6.13. The highest BCUT2D eigenvalue weighted by Crippen LogP contribution is 2.45. The topological polar surface area (TPSA) is 50.4 Å². The van der Waals surface area contributed by atoms with Crippen molar-refractivity contribution in [2.75, 3.05) is 20.3 Å². The quantitative estimate of drug-likeness (QED) is 0.873. The Kier molecular flexibility index (Phi) is 4.15. The third kappa shape index (κ3) is 2.91. The molecular formula is C15H18ClFN2O2. The maximum atomic E-state index is 14.1. The molecule has 0 bridgehead atoms. The van der Waals surface area contributed by atoms with Crippen LogP contribution in [0.2, 0.25) is 5.02 Å². The largest absolute Gasteiger partial charge is 0.382 e. The van der Waals surface area contributed by atoms with Crippen molar-refractivity contribution in [3.63, 3.8) is 0 Å². The Morgan fingerprint density at radius 2 is 2.43 bits per heavy atom. The molecule has 0 aromatic heterocycles. The van der Waals surface area contributed by atoms with Gasteiger partial charge in [0.1, 0.15) is 5.82 Å².